The number of nitrogens with one attached hydrogen (secondary N) is 1. The molecule has 0 heterocycles. The van der Waals surface area contributed by atoms with E-state index in [2.05, 4.69) is 17.2 Å². The van der Waals surface area contributed by atoms with Crippen LogP contribution in [0.3, 0.4) is 0 Å². The highest BCUT2D eigenvalue weighted by Crippen LogP contribution is 2.19. The second-order valence-corrected chi connectivity index (χ2v) is 7.00. The topological polar surface area (TPSA) is 87.8 Å². The molecule has 6 nitrogen and oxygen atoms in total. The average Bonchev–Trinajstić information content (AvgIpc) is 2.45. The number of hydrogen-bond donors (Lipinski definition) is 2. The summed E-state index contributed by atoms with van der Waals surface area (Å²) < 4.78 is 25.7. The van der Waals surface area contributed by atoms with Gasteiger partial charge in [-0.15, -0.1) is 0 Å². The molecule has 0 aliphatic rings. The monoisotopic (exact) mass is 312 g/mol. The average molecular weight is 312 g/mol. The van der Waals surface area contributed by atoms with Crippen LogP contribution in [-0.2, 0) is 16.6 Å². The molecule has 0 amide bonds. The molecule has 0 spiro atoms. The van der Waals surface area contributed by atoms with Gasteiger partial charge in [-0.05, 0) is 18.1 Å². The van der Waals surface area contributed by atoms with E-state index in [9.17, 15) is 8.42 Å². The summed E-state index contributed by atoms with van der Waals surface area (Å²) in [4.78, 5) is 4.46. The molecule has 118 valence electrons. The molecule has 0 bridgehead atoms. The number of unbranched alkanes of at least 4 members (excludes halogenated alkanes) is 1. The van der Waals surface area contributed by atoms with E-state index in [1.807, 2.05) is 0 Å². The van der Waals surface area contributed by atoms with E-state index in [0.29, 0.717) is 11.5 Å². The summed E-state index contributed by atoms with van der Waals surface area (Å²) in [6.45, 7) is 3.09. The van der Waals surface area contributed by atoms with Crippen LogP contribution in [0.2, 0.25) is 0 Å². The molecule has 0 fully saturated rings. The van der Waals surface area contributed by atoms with Gasteiger partial charge >= 0.3 is 0 Å². The Balaban J connectivity index is 2.88. The van der Waals surface area contributed by atoms with Gasteiger partial charge in [-0.25, -0.2) is 17.7 Å². The van der Waals surface area contributed by atoms with Crippen molar-refractivity contribution in [3.8, 4) is 0 Å². The Labute approximate surface area is 127 Å². The number of aliphatic imine (C=N–C) groups is 1. The molecule has 1 aromatic rings. The summed E-state index contributed by atoms with van der Waals surface area (Å²) in [7, 11) is -0.454. The van der Waals surface area contributed by atoms with Gasteiger partial charge in [0, 0.05) is 20.6 Å². The van der Waals surface area contributed by atoms with Crippen molar-refractivity contribution in [3.05, 3.63) is 29.8 Å². The number of rotatable bonds is 7. The van der Waals surface area contributed by atoms with E-state index in [1.165, 1.54) is 18.4 Å². The van der Waals surface area contributed by atoms with Crippen molar-refractivity contribution < 1.29 is 8.42 Å². The van der Waals surface area contributed by atoms with Crippen LogP contribution >= 0.6 is 0 Å². The van der Waals surface area contributed by atoms with Crippen molar-refractivity contribution in [3.63, 3.8) is 0 Å². The van der Waals surface area contributed by atoms with Gasteiger partial charge in [0.2, 0.25) is 10.0 Å². The third-order valence-electron chi connectivity index (χ3n) is 2.99. The lowest BCUT2D eigenvalue weighted by atomic mass is 10.2. The van der Waals surface area contributed by atoms with Gasteiger partial charge in [-0.3, -0.25) is 0 Å². The van der Waals surface area contributed by atoms with Gasteiger partial charge < -0.3 is 11.1 Å². The lowest BCUT2D eigenvalue weighted by molar-refractivity contribution is 0.519. The number of sulfonamides is 1. The fraction of sp³-hybridized carbons (Fsp3) is 0.500. The van der Waals surface area contributed by atoms with Crippen LogP contribution < -0.4 is 11.1 Å². The number of guanidine groups is 1. The van der Waals surface area contributed by atoms with Gasteiger partial charge in [0.05, 0.1) is 11.4 Å². The van der Waals surface area contributed by atoms with E-state index in [0.717, 1.165) is 19.4 Å². The summed E-state index contributed by atoms with van der Waals surface area (Å²) in [5, 5.41) is 3.00. The Morgan fingerprint density at radius 2 is 2.00 bits per heavy atom. The quantitative estimate of drug-likeness (QED) is 0.449. The highest BCUT2D eigenvalue weighted by atomic mass is 32.2. The Hall–Kier alpha value is -1.60. The van der Waals surface area contributed by atoms with Crippen molar-refractivity contribution in [1.29, 1.82) is 0 Å². The predicted octanol–water partition coefficient (Wildman–Crippen LogP) is 1.14. The molecule has 0 aliphatic carbocycles. The second-order valence-electron chi connectivity index (χ2n) is 4.88. The van der Waals surface area contributed by atoms with E-state index < -0.39 is 10.0 Å². The zero-order valence-electron chi connectivity index (χ0n) is 12.8. The van der Waals surface area contributed by atoms with Gasteiger partial charge in [-0.1, -0.05) is 31.5 Å². The van der Waals surface area contributed by atoms with Crippen LogP contribution in [0.15, 0.2) is 34.2 Å². The van der Waals surface area contributed by atoms with Gasteiger partial charge in [0.1, 0.15) is 0 Å². The van der Waals surface area contributed by atoms with Crippen LogP contribution in [-0.4, -0.2) is 39.3 Å². The molecule has 0 aliphatic heterocycles. The fourth-order valence-corrected chi connectivity index (χ4v) is 2.81. The number of nitrogens with zero attached hydrogens (tertiary/aromatic N) is 2. The zero-order valence-corrected chi connectivity index (χ0v) is 13.7. The van der Waals surface area contributed by atoms with Crippen molar-refractivity contribution in [1.82, 2.24) is 9.62 Å². The first-order valence-electron chi connectivity index (χ1n) is 6.93. The minimum atomic E-state index is -3.47. The summed E-state index contributed by atoms with van der Waals surface area (Å²) >= 11 is 0. The van der Waals surface area contributed by atoms with Crippen LogP contribution in [0.4, 0.5) is 0 Å². The molecule has 1 aromatic carbocycles. The van der Waals surface area contributed by atoms with Crippen molar-refractivity contribution in [2.24, 2.45) is 10.7 Å². The molecule has 3 N–H and O–H groups in total. The fourth-order valence-electron chi connectivity index (χ4n) is 1.70. The maximum atomic E-state index is 12.2. The molecular weight excluding hydrogens is 288 g/mol. The van der Waals surface area contributed by atoms with Gasteiger partial charge in [-0.2, -0.15) is 0 Å². The lowest BCUT2D eigenvalue weighted by Crippen LogP contribution is -2.32. The molecule has 0 saturated carbocycles. The minimum absolute atomic E-state index is 0.230. The largest absolute Gasteiger partial charge is 0.370 e. The molecule has 0 aromatic heterocycles. The summed E-state index contributed by atoms with van der Waals surface area (Å²) in [5.41, 5.74) is 6.39. The molecule has 7 heteroatoms. The predicted molar refractivity (Wildman–Crippen MR) is 85.6 cm³/mol. The molecule has 0 saturated heterocycles. The molecule has 0 radical (unpaired) electrons. The van der Waals surface area contributed by atoms with Crippen molar-refractivity contribution >= 4 is 16.0 Å². The summed E-state index contributed by atoms with van der Waals surface area (Å²) in [6.07, 6.45) is 2.09. The highest BCUT2D eigenvalue weighted by Gasteiger charge is 2.20. The first kappa shape index (κ1) is 17.5. The summed E-state index contributed by atoms with van der Waals surface area (Å²) in [6, 6.07) is 6.83. The van der Waals surface area contributed by atoms with E-state index >= 15 is 0 Å². The van der Waals surface area contributed by atoms with Crippen LogP contribution in [0.1, 0.15) is 25.3 Å². The highest BCUT2D eigenvalue weighted by molar-refractivity contribution is 7.89. The maximum absolute atomic E-state index is 12.2. The Morgan fingerprint density at radius 1 is 1.33 bits per heavy atom. The zero-order chi connectivity index (χ0) is 15.9. The third kappa shape index (κ3) is 5.02. The van der Waals surface area contributed by atoms with Crippen LogP contribution in [0.5, 0.6) is 0 Å². The minimum Gasteiger partial charge on any atom is -0.370 e. The van der Waals surface area contributed by atoms with Crippen LogP contribution in [0, 0.1) is 0 Å². The first-order chi connectivity index (χ1) is 9.89. The maximum Gasteiger partial charge on any atom is 0.242 e. The van der Waals surface area contributed by atoms with E-state index in [-0.39, 0.29) is 11.4 Å². The molecule has 0 atom stereocenters. The Morgan fingerprint density at radius 3 is 2.62 bits per heavy atom. The molecule has 21 heavy (non-hydrogen) atoms. The lowest BCUT2D eigenvalue weighted by Gasteiger charge is -2.14. The number of hydrogen-bond acceptors (Lipinski definition) is 3. The van der Waals surface area contributed by atoms with Crippen molar-refractivity contribution in [2.45, 2.75) is 31.2 Å². The number of benzene rings is 1. The molecular formula is C14H24N4O2S. The smallest absolute Gasteiger partial charge is 0.242 e. The van der Waals surface area contributed by atoms with Gasteiger partial charge in [0.15, 0.2) is 5.96 Å². The molecule has 0 unspecified atom stereocenters. The van der Waals surface area contributed by atoms with E-state index in [1.54, 1.807) is 24.3 Å². The van der Waals surface area contributed by atoms with Gasteiger partial charge in [0.25, 0.3) is 0 Å². The molecule has 1 rings (SSSR count). The Bertz CT molecular complexity index is 582. The van der Waals surface area contributed by atoms with E-state index in [4.69, 9.17) is 5.73 Å². The first-order valence-corrected chi connectivity index (χ1v) is 8.37. The summed E-state index contributed by atoms with van der Waals surface area (Å²) in [5.74, 6) is 0.334. The number of nitrogens with two attached hydrogens (primary N) is 1. The SMILES string of the molecule is CCCCNC(N)=NCc1ccccc1S(=O)(=O)N(C)C. The van der Waals surface area contributed by atoms with Crippen molar-refractivity contribution in [2.75, 3.05) is 20.6 Å². The second kappa shape index (κ2) is 7.99. The van der Waals surface area contributed by atoms with Crippen LogP contribution in [0.25, 0.3) is 0 Å². The standard InChI is InChI=1S/C14H24N4O2S/c1-4-5-10-16-14(15)17-11-12-8-6-7-9-13(12)21(19,20)18(2)3/h6-9H,4-5,10-11H2,1-3H3,(H3,15,16,17). The third-order valence-corrected chi connectivity index (χ3v) is 4.90. The normalized spacial score (nSPS) is 12.7. The Kier molecular flexibility index (Phi) is 6.64.